The van der Waals surface area contributed by atoms with Gasteiger partial charge in [-0.05, 0) is 19.4 Å². The van der Waals surface area contributed by atoms with Gasteiger partial charge in [-0.25, -0.2) is 4.79 Å². The van der Waals surface area contributed by atoms with E-state index in [2.05, 4.69) is 16.0 Å². The predicted octanol–water partition coefficient (Wildman–Crippen LogP) is -0.0852. The fourth-order valence-electron chi connectivity index (χ4n) is 1.27. The Morgan fingerprint density at radius 1 is 1.82 bits per heavy atom. The molecule has 0 saturated carbocycles. The quantitative estimate of drug-likeness (QED) is 0.423. The Morgan fingerprint density at radius 3 is 2.91 bits per heavy atom. The van der Waals surface area contributed by atoms with Gasteiger partial charge in [0.25, 0.3) is 0 Å². The van der Waals surface area contributed by atoms with Crippen molar-refractivity contribution in [3.63, 3.8) is 0 Å². The number of esters is 1. The van der Waals surface area contributed by atoms with Crippen LogP contribution in [0.3, 0.4) is 0 Å². The summed E-state index contributed by atoms with van der Waals surface area (Å²) >= 11 is 0. The highest BCUT2D eigenvalue weighted by Crippen LogP contribution is 2.19. The molecule has 0 aromatic heterocycles. The fourth-order valence-corrected chi connectivity index (χ4v) is 1.27. The maximum absolute atomic E-state index is 11.1. The molecule has 1 aliphatic rings. The largest absolute Gasteiger partial charge is 0.467 e. The van der Waals surface area contributed by atoms with Crippen LogP contribution in [0.15, 0.2) is 0 Å². The highest BCUT2D eigenvalue weighted by atomic mass is 16.5. The second-order valence-electron chi connectivity index (χ2n) is 2.57. The van der Waals surface area contributed by atoms with Gasteiger partial charge in [-0.2, -0.15) is 0 Å². The molecule has 0 aromatic carbocycles. The molecule has 11 heavy (non-hydrogen) atoms. The van der Waals surface area contributed by atoms with Crippen molar-refractivity contribution in [3.8, 4) is 12.3 Å². The molecule has 3 nitrogen and oxygen atoms in total. The number of carbonyl (C=O) groups is 1. The van der Waals surface area contributed by atoms with Gasteiger partial charge in [-0.3, -0.25) is 5.32 Å². The third-order valence-electron chi connectivity index (χ3n) is 1.94. The lowest BCUT2D eigenvalue weighted by molar-refractivity contribution is -0.145. The first kappa shape index (κ1) is 8.09. The van der Waals surface area contributed by atoms with Crippen LogP contribution in [0.25, 0.3) is 0 Å². The Balaban J connectivity index is 2.76. The number of ether oxygens (including phenoxy) is 1. The molecule has 1 atom stereocenters. The summed E-state index contributed by atoms with van der Waals surface area (Å²) in [6.45, 7) is 0.791. The lowest BCUT2D eigenvalue weighted by Gasteiger charge is -2.18. The van der Waals surface area contributed by atoms with Gasteiger partial charge in [0.2, 0.25) is 0 Å². The standard InChI is InChI=1S/C8H11NO2/c1-3-8(7(10)11-2)5-4-6-9-8/h1,9H,4-6H2,2H3/t8-/m1/s1. The Morgan fingerprint density at radius 2 is 2.55 bits per heavy atom. The van der Waals surface area contributed by atoms with Crippen LogP contribution in [0.1, 0.15) is 12.8 Å². The summed E-state index contributed by atoms with van der Waals surface area (Å²) in [6.07, 6.45) is 6.84. The summed E-state index contributed by atoms with van der Waals surface area (Å²) < 4.78 is 4.58. The van der Waals surface area contributed by atoms with Crippen LogP contribution in [-0.2, 0) is 9.53 Å². The van der Waals surface area contributed by atoms with E-state index in [1.807, 2.05) is 0 Å². The molecular formula is C8H11NO2. The molecule has 0 spiro atoms. The Bertz CT molecular complexity index is 199. The van der Waals surface area contributed by atoms with Crippen molar-refractivity contribution < 1.29 is 9.53 Å². The molecule has 1 heterocycles. The molecule has 0 bridgehead atoms. The second kappa shape index (κ2) is 2.93. The first-order valence-corrected chi connectivity index (χ1v) is 3.56. The summed E-state index contributed by atoms with van der Waals surface area (Å²) in [7, 11) is 1.35. The van der Waals surface area contributed by atoms with Crippen LogP contribution in [-0.4, -0.2) is 25.2 Å². The van der Waals surface area contributed by atoms with Crippen LogP contribution in [0.2, 0.25) is 0 Å². The third-order valence-corrected chi connectivity index (χ3v) is 1.94. The van der Waals surface area contributed by atoms with E-state index in [-0.39, 0.29) is 5.97 Å². The number of carbonyl (C=O) groups excluding carboxylic acids is 1. The Labute approximate surface area is 66.1 Å². The smallest absolute Gasteiger partial charge is 0.338 e. The minimum absolute atomic E-state index is 0.350. The molecule has 1 saturated heterocycles. The van der Waals surface area contributed by atoms with Crippen molar-refractivity contribution in [2.45, 2.75) is 18.4 Å². The van der Waals surface area contributed by atoms with Crippen molar-refractivity contribution in [2.75, 3.05) is 13.7 Å². The van der Waals surface area contributed by atoms with Gasteiger partial charge < -0.3 is 4.74 Å². The van der Waals surface area contributed by atoms with Gasteiger partial charge in [-0.1, -0.05) is 5.92 Å². The maximum Gasteiger partial charge on any atom is 0.338 e. The molecule has 0 aliphatic carbocycles. The van der Waals surface area contributed by atoms with Gasteiger partial charge in [0, 0.05) is 0 Å². The predicted molar refractivity (Wildman–Crippen MR) is 40.8 cm³/mol. The number of hydrogen-bond acceptors (Lipinski definition) is 3. The minimum atomic E-state index is -0.839. The van der Waals surface area contributed by atoms with E-state index >= 15 is 0 Å². The monoisotopic (exact) mass is 153 g/mol. The number of methoxy groups -OCH3 is 1. The molecule has 1 N–H and O–H groups in total. The minimum Gasteiger partial charge on any atom is -0.467 e. The van der Waals surface area contributed by atoms with Gasteiger partial charge >= 0.3 is 5.97 Å². The van der Waals surface area contributed by atoms with Crippen LogP contribution >= 0.6 is 0 Å². The average Bonchev–Trinajstić information content (AvgIpc) is 2.52. The average molecular weight is 153 g/mol. The van der Waals surface area contributed by atoms with E-state index in [1.54, 1.807) is 0 Å². The van der Waals surface area contributed by atoms with E-state index in [0.717, 1.165) is 13.0 Å². The number of hydrogen-bond donors (Lipinski definition) is 1. The van der Waals surface area contributed by atoms with Gasteiger partial charge in [0.15, 0.2) is 5.54 Å². The molecule has 1 fully saturated rings. The summed E-state index contributed by atoms with van der Waals surface area (Å²) in [5.74, 6) is 2.09. The highest BCUT2D eigenvalue weighted by molar-refractivity contribution is 5.85. The lowest BCUT2D eigenvalue weighted by atomic mass is 9.99. The Hall–Kier alpha value is -1.01. The highest BCUT2D eigenvalue weighted by Gasteiger charge is 2.40. The van der Waals surface area contributed by atoms with Gasteiger partial charge in [-0.15, -0.1) is 6.42 Å². The molecule has 3 heteroatoms. The van der Waals surface area contributed by atoms with Crippen molar-refractivity contribution >= 4 is 5.97 Å². The third kappa shape index (κ3) is 1.22. The SMILES string of the molecule is C#C[C@]1(C(=O)OC)CCCN1. The number of rotatable bonds is 1. The number of nitrogens with one attached hydrogen (secondary N) is 1. The molecule has 1 rings (SSSR count). The van der Waals surface area contributed by atoms with Crippen LogP contribution in [0.5, 0.6) is 0 Å². The van der Waals surface area contributed by atoms with Gasteiger partial charge in [0.1, 0.15) is 0 Å². The van der Waals surface area contributed by atoms with E-state index in [1.165, 1.54) is 7.11 Å². The van der Waals surface area contributed by atoms with Crippen molar-refractivity contribution in [1.29, 1.82) is 0 Å². The van der Waals surface area contributed by atoms with E-state index in [0.29, 0.717) is 6.42 Å². The molecule has 0 aromatic rings. The summed E-state index contributed by atoms with van der Waals surface area (Å²) in [6, 6.07) is 0. The first-order valence-electron chi connectivity index (χ1n) is 3.56. The maximum atomic E-state index is 11.1. The Kier molecular flexibility index (Phi) is 2.16. The van der Waals surface area contributed by atoms with Crippen molar-refractivity contribution in [1.82, 2.24) is 5.32 Å². The summed E-state index contributed by atoms with van der Waals surface area (Å²) in [4.78, 5) is 11.1. The van der Waals surface area contributed by atoms with E-state index in [9.17, 15) is 4.79 Å². The zero-order valence-corrected chi connectivity index (χ0v) is 6.52. The van der Waals surface area contributed by atoms with Crippen LogP contribution < -0.4 is 5.32 Å². The zero-order chi connectivity index (χ0) is 8.32. The zero-order valence-electron chi connectivity index (χ0n) is 6.52. The lowest BCUT2D eigenvalue weighted by Crippen LogP contribution is -2.46. The second-order valence-corrected chi connectivity index (χ2v) is 2.57. The van der Waals surface area contributed by atoms with E-state index in [4.69, 9.17) is 6.42 Å². The summed E-state index contributed by atoms with van der Waals surface area (Å²) in [5, 5.41) is 2.96. The molecule has 0 amide bonds. The molecule has 1 aliphatic heterocycles. The topological polar surface area (TPSA) is 38.3 Å². The molecule has 60 valence electrons. The molecule has 0 unspecified atom stereocenters. The summed E-state index contributed by atoms with van der Waals surface area (Å²) in [5.41, 5.74) is -0.839. The first-order chi connectivity index (χ1) is 5.25. The van der Waals surface area contributed by atoms with Crippen LogP contribution in [0, 0.1) is 12.3 Å². The molecular weight excluding hydrogens is 142 g/mol. The number of terminal acetylenes is 1. The normalized spacial score (nSPS) is 29.5. The van der Waals surface area contributed by atoms with E-state index < -0.39 is 5.54 Å². The van der Waals surface area contributed by atoms with Crippen molar-refractivity contribution in [3.05, 3.63) is 0 Å². The fraction of sp³-hybridized carbons (Fsp3) is 0.625. The van der Waals surface area contributed by atoms with Gasteiger partial charge in [0.05, 0.1) is 7.11 Å². The molecule has 0 radical (unpaired) electrons. The van der Waals surface area contributed by atoms with Crippen molar-refractivity contribution in [2.24, 2.45) is 0 Å². The van der Waals surface area contributed by atoms with Crippen LogP contribution in [0.4, 0.5) is 0 Å².